The average molecular weight is 393 g/mol. The highest BCUT2D eigenvalue weighted by molar-refractivity contribution is 9.10. The van der Waals surface area contributed by atoms with E-state index in [1.54, 1.807) is 0 Å². The molecular weight excluding hydrogens is 378 g/mol. The van der Waals surface area contributed by atoms with E-state index >= 15 is 0 Å². The molecular formula is C16H14BrCl3. The van der Waals surface area contributed by atoms with E-state index in [0.717, 1.165) is 21.5 Å². The van der Waals surface area contributed by atoms with E-state index in [0.29, 0.717) is 11.8 Å². The van der Waals surface area contributed by atoms with Crippen molar-refractivity contribution in [1.82, 2.24) is 0 Å². The first-order valence-corrected chi connectivity index (χ1v) is 8.46. The van der Waals surface area contributed by atoms with E-state index in [-0.39, 0.29) is 5.41 Å². The number of benzene rings is 2. The van der Waals surface area contributed by atoms with Gasteiger partial charge in [-0.25, -0.2) is 0 Å². The third kappa shape index (κ3) is 3.71. The minimum atomic E-state index is -0.266. The Morgan fingerprint density at radius 2 is 1.40 bits per heavy atom. The maximum Gasteiger partial charge on any atom is 0.0406 e. The summed E-state index contributed by atoms with van der Waals surface area (Å²) >= 11 is 21.9. The van der Waals surface area contributed by atoms with Crippen molar-refractivity contribution in [2.45, 2.75) is 11.8 Å². The molecule has 0 heterocycles. The van der Waals surface area contributed by atoms with E-state index in [9.17, 15) is 0 Å². The van der Waals surface area contributed by atoms with Crippen LogP contribution >= 0.6 is 50.7 Å². The van der Waals surface area contributed by atoms with Crippen molar-refractivity contribution in [3.63, 3.8) is 0 Å². The molecule has 2 aromatic carbocycles. The zero-order valence-electron chi connectivity index (χ0n) is 10.8. The Labute approximate surface area is 143 Å². The second kappa shape index (κ2) is 7.17. The van der Waals surface area contributed by atoms with Crippen LogP contribution in [0, 0.1) is 0 Å². The minimum Gasteiger partial charge on any atom is -0.126 e. The van der Waals surface area contributed by atoms with Crippen LogP contribution in [0.25, 0.3) is 0 Å². The van der Waals surface area contributed by atoms with Gasteiger partial charge in [-0.3, -0.25) is 0 Å². The zero-order chi connectivity index (χ0) is 14.6. The molecule has 0 spiro atoms. The average Bonchev–Trinajstić information content (AvgIpc) is 2.48. The summed E-state index contributed by atoms with van der Waals surface area (Å²) in [6, 6.07) is 16.0. The first-order chi connectivity index (χ1) is 9.59. The Morgan fingerprint density at radius 3 is 1.90 bits per heavy atom. The molecule has 0 aliphatic carbocycles. The van der Waals surface area contributed by atoms with Gasteiger partial charge in [0.05, 0.1) is 0 Å². The lowest BCUT2D eigenvalue weighted by atomic mass is 9.79. The molecule has 0 aromatic heterocycles. The van der Waals surface area contributed by atoms with Gasteiger partial charge in [0.1, 0.15) is 0 Å². The summed E-state index contributed by atoms with van der Waals surface area (Å²) in [5.74, 6) is 0.946. The molecule has 20 heavy (non-hydrogen) atoms. The van der Waals surface area contributed by atoms with Crippen LogP contribution < -0.4 is 0 Å². The van der Waals surface area contributed by atoms with Gasteiger partial charge in [-0.15, -0.1) is 23.2 Å². The summed E-state index contributed by atoms with van der Waals surface area (Å²) in [5.41, 5.74) is 2.07. The van der Waals surface area contributed by atoms with Crippen LogP contribution in [0.2, 0.25) is 5.02 Å². The lowest BCUT2D eigenvalue weighted by Gasteiger charge is -2.30. The number of rotatable bonds is 5. The van der Waals surface area contributed by atoms with Crippen molar-refractivity contribution < 1.29 is 0 Å². The van der Waals surface area contributed by atoms with Crippen LogP contribution in [-0.2, 0) is 11.8 Å². The monoisotopic (exact) mass is 390 g/mol. The molecule has 0 saturated carbocycles. The van der Waals surface area contributed by atoms with E-state index < -0.39 is 0 Å². The number of hydrogen-bond donors (Lipinski definition) is 0. The molecule has 0 nitrogen and oxygen atoms in total. The summed E-state index contributed by atoms with van der Waals surface area (Å²) in [6.07, 6.45) is 0.790. The maximum atomic E-state index is 6.26. The molecule has 2 aromatic rings. The lowest BCUT2D eigenvalue weighted by Crippen LogP contribution is -2.33. The van der Waals surface area contributed by atoms with Crippen molar-refractivity contribution in [2.24, 2.45) is 0 Å². The fourth-order valence-corrected chi connectivity index (χ4v) is 3.36. The fraction of sp³-hybridized carbons (Fsp3) is 0.250. The van der Waals surface area contributed by atoms with Crippen LogP contribution in [-0.4, -0.2) is 11.8 Å². The van der Waals surface area contributed by atoms with Gasteiger partial charge in [-0.1, -0.05) is 51.8 Å². The van der Waals surface area contributed by atoms with Gasteiger partial charge >= 0.3 is 0 Å². The zero-order valence-corrected chi connectivity index (χ0v) is 14.6. The van der Waals surface area contributed by atoms with Crippen LogP contribution in [0.5, 0.6) is 0 Å². The lowest BCUT2D eigenvalue weighted by molar-refractivity contribution is 0.536. The van der Waals surface area contributed by atoms with Gasteiger partial charge in [-0.05, 0) is 41.8 Å². The second-order valence-electron chi connectivity index (χ2n) is 4.86. The molecule has 106 valence electrons. The molecule has 0 aliphatic heterocycles. The van der Waals surface area contributed by atoms with E-state index in [1.807, 2.05) is 36.4 Å². The number of alkyl halides is 2. The molecule has 0 unspecified atom stereocenters. The third-order valence-corrected chi connectivity index (χ3v) is 5.23. The van der Waals surface area contributed by atoms with E-state index in [2.05, 4.69) is 28.1 Å². The molecule has 4 heteroatoms. The first kappa shape index (κ1) is 16.2. The predicted octanol–water partition coefficient (Wildman–Crippen LogP) is 6.06. The second-order valence-corrected chi connectivity index (χ2v) is 6.74. The van der Waals surface area contributed by atoms with Gasteiger partial charge in [0.25, 0.3) is 0 Å². The van der Waals surface area contributed by atoms with Gasteiger partial charge in [0.15, 0.2) is 0 Å². The molecule has 0 amide bonds. The largest absolute Gasteiger partial charge is 0.126 e. The molecule has 0 bridgehead atoms. The highest BCUT2D eigenvalue weighted by Crippen LogP contribution is 2.32. The smallest absolute Gasteiger partial charge is 0.0406 e. The normalized spacial score (nSPS) is 11.6. The van der Waals surface area contributed by atoms with Crippen molar-refractivity contribution in [3.05, 3.63) is 69.2 Å². The number of hydrogen-bond acceptors (Lipinski definition) is 0. The fourth-order valence-electron chi connectivity index (χ4n) is 2.18. The van der Waals surface area contributed by atoms with Crippen molar-refractivity contribution in [2.75, 3.05) is 11.8 Å². The summed E-state index contributed by atoms with van der Waals surface area (Å²) < 4.78 is 1.05. The van der Waals surface area contributed by atoms with Crippen LogP contribution in [0.15, 0.2) is 53.0 Å². The Hall–Kier alpha value is -0.210. The topological polar surface area (TPSA) is 0 Å². The molecule has 0 saturated heterocycles. The van der Waals surface area contributed by atoms with Gasteiger partial charge in [0.2, 0.25) is 0 Å². The molecule has 0 aliphatic rings. The SMILES string of the molecule is ClCC(CCl)(Cc1ccc(Cl)cc1)c1ccc(Br)cc1. The van der Waals surface area contributed by atoms with Crippen molar-refractivity contribution in [3.8, 4) is 0 Å². The van der Waals surface area contributed by atoms with E-state index in [1.165, 1.54) is 5.56 Å². The molecule has 0 radical (unpaired) electrons. The predicted molar refractivity (Wildman–Crippen MR) is 92.4 cm³/mol. The Bertz CT molecular complexity index is 545. The number of halogens is 4. The summed E-state index contributed by atoms with van der Waals surface area (Å²) in [6.45, 7) is 0. The van der Waals surface area contributed by atoms with Crippen LogP contribution in [0.4, 0.5) is 0 Å². The van der Waals surface area contributed by atoms with Gasteiger partial charge in [-0.2, -0.15) is 0 Å². The minimum absolute atomic E-state index is 0.266. The molecule has 0 fully saturated rings. The molecule has 2 rings (SSSR count). The first-order valence-electron chi connectivity index (χ1n) is 6.22. The Balaban J connectivity index is 2.33. The standard InChI is InChI=1S/C16H14BrCl3/c17-14-5-3-13(4-6-14)16(10-18,11-19)9-12-1-7-15(20)8-2-12/h1-8H,9-11H2. The molecule has 0 N–H and O–H groups in total. The van der Waals surface area contributed by atoms with Crippen molar-refractivity contribution in [1.29, 1.82) is 0 Å². The van der Waals surface area contributed by atoms with Gasteiger partial charge in [0, 0.05) is 26.7 Å². The summed E-state index contributed by atoms with van der Waals surface area (Å²) in [5, 5.41) is 0.736. The van der Waals surface area contributed by atoms with Crippen LogP contribution in [0.3, 0.4) is 0 Å². The third-order valence-electron chi connectivity index (χ3n) is 3.42. The Morgan fingerprint density at radius 1 is 0.850 bits per heavy atom. The van der Waals surface area contributed by atoms with Crippen molar-refractivity contribution >= 4 is 50.7 Å². The molecule has 0 atom stereocenters. The highest BCUT2D eigenvalue weighted by Gasteiger charge is 2.31. The quantitative estimate of drug-likeness (QED) is 0.543. The summed E-state index contributed by atoms with van der Waals surface area (Å²) in [4.78, 5) is 0. The van der Waals surface area contributed by atoms with Gasteiger partial charge < -0.3 is 0 Å². The highest BCUT2D eigenvalue weighted by atomic mass is 79.9. The maximum absolute atomic E-state index is 6.26. The summed E-state index contributed by atoms with van der Waals surface area (Å²) in [7, 11) is 0. The van der Waals surface area contributed by atoms with E-state index in [4.69, 9.17) is 34.8 Å². The Kier molecular flexibility index (Phi) is 5.80. The van der Waals surface area contributed by atoms with Crippen LogP contribution in [0.1, 0.15) is 11.1 Å².